The topological polar surface area (TPSA) is 70.4 Å². The van der Waals surface area contributed by atoms with Gasteiger partial charge in [0.25, 0.3) is 5.91 Å². The first-order valence-electron chi connectivity index (χ1n) is 8.90. The van der Waals surface area contributed by atoms with Gasteiger partial charge in [-0.1, -0.05) is 11.6 Å². The molecule has 0 aromatic carbocycles. The highest BCUT2D eigenvalue weighted by Gasteiger charge is 2.45. The third kappa shape index (κ3) is 4.13. The number of nitrogens with zero attached hydrogens (tertiary/aromatic N) is 2. The minimum atomic E-state index is -0.124. The Kier molecular flexibility index (Phi) is 7.14. The first-order chi connectivity index (χ1) is 11.2. The molecule has 3 saturated heterocycles. The van der Waals surface area contributed by atoms with Gasteiger partial charge in [0.15, 0.2) is 5.69 Å². The lowest BCUT2D eigenvalue weighted by Gasteiger charge is -2.55. The van der Waals surface area contributed by atoms with E-state index in [0.29, 0.717) is 36.0 Å². The summed E-state index contributed by atoms with van der Waals surface area (Å²) in [7, 11) is 0. The summed E-state index contributed by atoms with van der Waals surface area (Å²) in [6, 6.07) is 2.84. The summed E-state index contributed by atoms with van der Waals surface area (Å²) in [5.41, 5.74) is 0.383. The van der Waals surface area contributed by atoms with Crippen LogP contribution in [0.5, 0.6) is 0 Å². The molecule has 2 N–H and O–H groups in total. The molecule has 8 heteroatoms. The molecule has 4 rings (SSSR count). The van der Waals surface area contributed by atoms with E-state index in [9.17, 15) is 4.79 Å². The molecule has 0 saturated carbocycles. The van der Waals surface area contributed by atoms with Crippen molar-refractivity contribution in [3.63, 3.8) is 0 Å². The molecule has 0 unspecified atom stereocenters. The molecule has 4 atom stereocenters. The van der Waals surface area contributed by atoms with Gasteiger partial charge in [0.2, 0.25) is 0 Å². The first-order valence-corrected chi connectivity index (χ1v) is 8.90. The number of piperidine rings is 3. The van der Waals surface area contributed by atoms with E-state index in [-0.39, 0.29) is 30.7 Å². The van der Waals surface area contributed by atoms with Crippen molar-refractivity contribution in [2.45, 2.75) is 44.7 Å². The van der Waals surface area contributed by atoms with Crippen molar-refractivity contribution in [1.82, 2.24) is 20.7 Å². The quantitative estimate of drug-likeness (QED) is 0.825. The van der Waals surface area contributed by atoms with Crippen LogP contribution in [0.2, 0.25) is 0 Å². The molecular weight excluding hydrogens is 363 g/mol. The second kappa shape index (κ2) is 8.71. The molecule has 3 fully saturated rings. The summed E-state index contributed by atoms with van der Waals surface area (Å²) in [5.74, 6) is 1.98. The number of hydrogen-bond donors (Lipinski definition) is 2. The number of nitrogens with one attached hydrogen (secondary N) is 2. The van der Waals surface area contributed by atoms with E-state index in [1.807, 2.05) is 0 Å². The van der Waals surface area contributed by atoms with Gasteiger partial charge in [0.1, 0.15) is 5.76 Å². The lowest BCUT2D eigenvalue weighted by Crippen LogP contribution is -2.65. The van der Waals surface area contributed by atoms with Crippen LogP contribution in [0.4, 0.5) is 0 Å². The van der Waals surface area contributed by atoms with Gasteiger partial charge in [-0.05, 0) is 57.7 Å². The molecular formula is C17H28Cl2N4O2. The Morgan fingerprint density at radius 1 is 1.36 bits per heavy atom. The third-order valence-corrected chi connectivity index (χ3v) is 5.86. The third-order valence-electron chi connectivity index (χ3n) is 5.86. The molecule has 1 aromatic heterocycles. The Morgan fingerprint density at radius 3 is 2.92 bits per heavy atom. The molecule has 1 amide bonds. The minimum Gasteiger partial charge on any atom is -0.361 e. The van der Waals surface area contributed by atoms with Crippen LogP contribution < -0.4 is 10.6 Å². The van der Waals surface area contributed by atoms with Crippen LogP contribution in [0.15, 0.2) is 10.6 Å². The van der Waals surface area contributed by atoms with Gasteiger partial charge in [-0.15, -0.1) is 24.8 Å². The number of rotatable bonds is 3. The zero-order valence-electron chi connectivity index (χ0n) is 14.6. The van der Waals surface area contributed by atoms with Gasteiger partial charge in [-0.25, -0.2) is 0 Å². The Bertz CT molecular complexity index is 583. The van der Waals surface area contributed by atoms with Crippen LogP contribution in [-0.4, -0.2) is 54.2 Å². The van der Waals surface area contributed by atoms with Crippen LogP contribution in [-0.2, 0) is 0 Å². The van der Waals surface area contributed by atoms with E-state index in [2.05, 4.69) is 20.7 Å². The van der Waals surface area contributed by atoms with Crippen molar-refractivity contribution in [3.05, 3.63) is 17.5 Å². The maximum Gasteiger partial charge on any atom is 0.273 e. The molecule has 3 aliphatic heterocycles. The Morgan fingerprint density at radius 2 is 2.16 bits per heavy atom. The fraction of sp³-hybridized carbons (Fsp3) is 0.765. The Labute approximate surface area is 161 Å². The molecule has 0 radical (unpaired) electrons. The van der Waals surface area contributed by atoms with Crippen LogP contribution in [0.25, 0.3) is 0 Å². The smallest absolute Gasteiger partial charge is 0.273 e. The molecule has 4 heterocycles. The van der Waals surface area contributed by atoms with Crippen LogP contribution >= 0.6 is 24.8 Å². The van der Waals surface area contributed by atoms with Crippen molar-refractivity contribution in [3.8, 4) is 0 Å². The summed E-state index contributed by atoms with van der Waals surface area (Å²) in [5, 5.41) is 10.5. The molecule has 25 heavy (non-hydrogen) atoms. The van der Waals surface area contributed by atoms with Gasteiger partial charge < -0.3 is 15.2 Å². The second-order valence-corrected chi connectivity index (χ2v) is 7.32. The summed E-state index contributed by atoms with van der Waals surface area (Å²) >= 11 is 0. The minimum absolute atomic E-state index is 0. The molecule has 0 spiro atoms. The number of carbonyl (C=O) groups is 1. The van der Waals surface area contributed by atoms with Crippen LogP contribution in [0.1, 0.15) is 41.9 Å². The first kappa shape index (κ1) is 20.5. The second-order valence-electron chi connectivity index (χ2n) is 7.32. The largest absolute Gasteiger partial charge is 0.361 e. The monoisotopic (exact) mass is 390 g/mol. The Balaban J connectivity index is 0.00000113. The number of aryl methyl sites for hydroxylation is 1. The molecule has 2 bridgehead atoms. The standard InChI is InChI=1S/C17H26N4O2.2ClH/c1-11-6-14(20-23-11)17(22)19-10-16-13-7-12(8-18-9-13)15-4-2-3-5-21(15)16;;/h6,12-13,15-16,18H,2-5,7-10H2,1H3,(H,19,22);2*1H/t12-,13+,15+,16+;;/m1../s1. The average molecular weight is 391 g/mol. The maximum absolute atomic E-state index is 12.3. The van der Waals surface area contributed by atoms with E-state index in [1.165, 1.54) is 32.2 Å². The summed E-state index contributed by atoms with van der Waals surface area (Å²) in [4.78, 5) is 15.0. The summed E-state index contributed by atoms with van der Waals surface area (Å²) in [6.07, 6.45) is 5.25. The van der Waals surface area contributed by atoms with Crippen molar-refractivity contribution in [1.29, 1.82) is 0 Å². The molecule has 1 aromatic rings. The number of halogens is 2. The van der Waals surface area contributed by atoms with Gasteiger partial charge in [-0.3, -0.25) is 9.69 Å². The zero-order valence-corrected chi connectivity index (χ0v) is 16.2. The molecule has 6 nitrogen and oxygen atoms in total. The zero-order chi connectivity index (χ0) is 15.8. The van der Waals surface area contributed by atoms with Crippen molar-refractivity contribution in [2.24, 2.45) is 11.8 Å². The van der Waals surface area contributed by atoms with Crippen molar-refractivity contribution in [2.75, 3.05) is 26.2 Å². The van der Waals surface area contributed by atoms with E-state index in [0.717, 1.165) is 19.0 Å². The number of hydrogen-bond acceptors (Lipinski definition) is 5. The fourth-order valence-corrected chi connectivity index (χ4v) is 4.81. The predicted octanol–water partition coefficient (Wildman–Crippen LogP) is 2.02. The maximum atomic E-state index is 12.3. The van der Waals surface area contributed by atoms with E-state index in [4.69, 9.17) is 4.52 Å². The van der Waals surface area contributed by atoms with Gasteiger partial charge in [-0.2, -0.15) is 0 Å². The van der Waals surface area contributed by atoms with Crippen LogP contribution in [0.3, 0.4) is 0 Å². The summed E-state index contributed by atoms with van der Waals surface area (Å²) in [6.45, 7) is 5.93. The normalized spacial score (nSPS) is 31.2. The predicted molar refractivity (Wildman–Crippen MR) is 101 cm³/mol. The van der Waals surface area contributed by atoms with E-state index >= 15 is 0 Å². The van der Waals surface area contributed by atoms with E-state index < -0.39 is 0 Å². The van der Waals surface area contributed by atoms with Crippen molar-refractivity contribution < 1.29 is 9.32 Å². The fourth-order valence-electron chi connectivity index (χ4n) is 4.81. The van der Waals surface area contributed by atoms with Crippen LogP contribution in [0, 0.1) is 18.8 Å². The number of fused-ring (bicyclic) bond motifs is 4. The van der Waals surface area contributed by atoms with Gasteiger partial charge in [0, 0.05) is 24.7 Å². The summed E-state index contributed by atoms with van der Waals surface area (Å²) < 4.78 is 5.00. The van der Waals surface area contributed by atoms with Gasteiger partial charge >= 0.3 is 0 Å². The highest BCUT2D eigenvalue weighted by atomic mass is 35.5. The van der Waals surface area contributed by atoms with Gasteiger partial charge in [0.05, 0.1) is 0 Å². The molecule has 3 aliphatic rings. The van der Waals surface area contributed by atoms with E-state index in [1.54, 1.807) is 13.0 Å². The number of amides is 1. The molecule has 0 aliphatic carbocycles. The highest BCUT2D eigenvalue weighted by Crippen LogP contribution is 2.38. The Hall–Kier alpha value is -0.820. The average Bonchev–Trinajstić information content (AvgIpc) is 3.01. The lowest BCUT2D eigenvalue weighted by molar-refractivity contribution is -0.0371. The SMILES string of the molecule is Cc1cc(C(=O)NC[C@H]2[C@@H]3CNC[C@@H](C3)[C@@H]3CCCCN32)no1.Cl.Cl. The molecule has 142 valence electrons. The van der Waals surface area contributed by atoms with Crippen molar-refractivity contribution >= 4 is 30.7 Å². The number of aromatic nitrogens is 1. The highest BCUT2D eigenvalue weighted by molar-refractivity contribution is 5.92. The number of carbonyl (C=O) groups excluding carboxylic acids is 1. The lowest BCUT2D eigenvalue weighted by atomic mass is 9.73.